The molecule has 1 fully saturated rings. The van der Waals surface area contributed by atoms with Crippen LogP contribution < -0.4 is 4.74 Å². The molecule has 1 aromatic carbocycles. The Balaban J connectivity index is 1.71. The Bertz CT molecular complexity index is 530. The van der Waals surface area contributed by atoms with Crippen molar-refractivity contribution in [2.75, 3.05) is 26.3 Å². The number of nitrogens with zero attached hydrogens (tertiary/aromatic N) is 1. The number of aliphatic hydroxyl groups is 1. The number of benzene rings is 1. The summed E-state index contributed by atoms with van der Waals surface area (Å²) in [5.74, 6) is 1.25. The fraction of sp³-hybridized carbons (Fsp3) is 0.438. The lowest BCUT2D eigenvalue weighted by molar-refractivity contribution is -0.129. The number of rotatable bonds is 2. The van der Waals surface area contributed by atoms with Crippen molar-refractivity contribution in [3.8, 4) is 5.75 Å². The molecule has 2 heterocycles. The number of hydrogen-bond donors (Lipinski definition) is 1. The van der Waals surface area contributed by atoms with Crippen LogP contribution in [0.15, 0.2) is 29.8 Å². The standard InChI is InChI=1S/C16H19NO3/c18-10-12-5-7-17(8-6-12)16(19)14-9-13-3-1-2-4-15(13)20-11-14/h1-4,9,12,18H,5-8,10-11H2. The van der Waals surface area contributed by atoms with E-state index in [2.05, 4.69) is 0 Å². The molecule has 3 rings (SSSR count). The molecule has 4 nitrogen and oxygen atoms in total. The normalized spacial score (nSPS) is 19.1. The van der Waals surface area contributed by atoms with E-state index in [0.717, 1.165) is 37.2 Å². The van der Waals surface area contributed by atoms with Gasteiger partial charge in [0.2, 0.25) is 0 Å². The molecule has 1 aromatic rings. The fourth-order valence-electron chi connectivity index (χ4n) is 2.76. The molecule has 0 saturated carbocycles. The second kappa shape index (κ2) is 5.67. The summed E-state index contributed by atoms with van der Waals surface area (Å²) in [4.78, 5) is 14.3. The van der Waals surface area contributed by atoms with Crippen LogP contribution in [0.5, 0.6) is 5.75 Å². The summed E-state index contributed by atoms with van der Waals surface area (Å²) < 4.78 is 5.63. The molecule has 0 unspecified atom stereocenters. The third kappa shape index (κ3) is 2.56. The van der Waals surface area contributed by atoms with E-state index in [4.69, 9.17) is 9.84 Å². The first kappa shape index (κ1) is 13.2. The van der Waals surface area contributed by atoms with Gasteiger partial charge in [0, 0.05) is 25.3 Å². The lowest BCUT2D eigenvalue weighted by Gasteiger charge is -2.32. The minimum Gasteiger partial charge on any atom is -0.488 e. The minimum absolute atomic E-state index is 0.0656. The summed E-state index contributed by atoms with van der Waals surface area (Å²) in [5.41, 5.74) is 1.68. The van der Waals surface area contributed by atoms with Gasteiger partial charge in [0.25, 0.3) is 5.91 Å². The van der Waals surface area contributed by atoms with Gasteiger partial charge in [-0.05, 0) is 30.9 Å². The van der Waals surface area contributed by atoms with Crippen LogP contribution in [0.2, 0.25) is 0 Å². The third-order valence-corrected chi connectivity index (χ3v) is 4.07. The number of hydrogen-bond acceptors (Lipinski definition) is 3. The van der Waals surface area contributed by atoms with Crippen LogP contribution in [0.1, 0.15) is 18.4 Å². The smallest absolute Gasteiger partial charge is 0.253 e. The first-order chi connectivity index (χ1) is 9.78. The van der Waals surface area contributed by atoms with Crippen LogP contribution in [0.3, 0.4) is 0 Å². The van der Waals surface area contributed by atoms with Gasteiger partial charge in [-0.3, -0.25) is 4.79 Å². The number of carbonyl (C=O) groups excluding carboxylic acids is 1. The van der Waals surface area contributed by atoms with Crippen LogP contribution in [0, 0.1) is 5.92 Å². The zero-order valence-corrected chi connectivity index (χ0v) is 11.4. The van der Waals surface area contributed by atoms with Gasteiger partial charge in [-0.1, -0.05) is 18.2 Å². The Labute approximate surface area is 118 Å². The molecule has 0 radical (unpaired) electrons. The maximum Gasteiger partial charge on any atom is 0.253 e. The van der Waals surface area contributed by atoms with Crippen molar-refractivity contribution in [2.45, 2.75) is 12.8 Å². The van der Waals surface area contributed by atoms with Crippen LogP contribution >= 0.6 is 0 Å². The average Bonchev–Trinajstić information content (AvgIpc) is 2.54. The third-order valence-electron chi connectivity index (χ3n) is 4.07. The maximum absolute atomic E-state index is 12.5. The number of carbonyl (C=O) groups is 1. The van der Waals surface area contributed by atoms with Crippen molar-refractivity contribution in [3.05, 3.63) is 35.4 Å². The Morgan fingerprint density at radius 2 is 2.05 bits per heavy atom. The lowest BCUT2D eigenvalue weighted by atomic mass is 9.97. The number of ether oxygens (including phenoxy) is 1. The Kier molecular flexibility index (Phi) is 3.74. The monoisotopic (exact) mass is 273 g/mol. The van der Waals surface area contributed by atoms with Crippen LogP contribution in [-0.2, 0) is 4.79 Å². The summed E-state index contributed by atoms with van der Waals surface area (Å²) in [5, 5.41) is 9.14. The summed E-state index contributed by atoms with van der Waals surface area (Å²) in [7, 11) is 0. The van der Waals surface area contributed by atoms with E-state index in [-0.39, 0.29) is 12.5 Å². The van der Waals surface area contributed by atoms with Crippen molar-refractivity contribution in [2.24, 2.45) is 5.92 Å². The van der Waals surface area contributed by atoms with Crippen molar-refractivity contribution in [1.29, 1.82) is 0 Å². The highest BCUT2D eigenvalue weighted by atomic mass is 16.5. The lowest BCUT2D eigenvalue weighted by Crippen LogP contribution is -2.41. The predicted molar refractivity (Wildman–Crippen MR) is 76.3 cm³/mol. The molecule has 1 saturated heterocycles. The van der Waals surface area contributed by atoms with E-state index >= 15 is 0 Å². The van der Waals surface area contributed by atoms with E-state index < -0.39 is 0 Å². The van der Waals surface area contributed by atoms with Crippen molar-refractivity contribution >= 4 is 12.0 Å². The van der Waals surface area contributed by atoms with Gasteiger partial charge in [-0.2, -0.15) is 0 Å². The van der Waals surface area contributed by atoms with E-state index in [9.17, 15) is 4.79 Å². The molecule has 0 bridgehead atoms. The molecular weight excluding hydrogens is 254 g/mol. The molecule has 4 heteroatoms. The Hall–Kier alpha value is -1.81. The summed E-state index contributed by atoms with van der Waals surface area (Å²) >= 11 is 0. The Morgan fingerprint density at radius 1 is 1.30 bits per heavy atom. The van der Waals surface area contributed by atoms with E-state index in [1.165, 1.54) is 0 Å². The highest BCUT2D eigenvalue weighted by molar-refractivity contribution is 5.99. The van der Waals surface area contributed by atoms with Crippen LogP contribution in [0.4, 0.5) is 0 Å². The summed E-state index contributed by atoms with van der Waals surface area (Å²) in [6.45, 7) is 2.02. The van der Waals surface area contributed by atoms with Crippen LogP contribution in [-0.4, -0.2) is 42.2 Å². The van der Waals surface area contributed by atoms with Gasteiger partial charge in [0.15, 0.2) is 0 Å². The maximum atomic E-state index is 12.5. The van der Waals surface area contributed by atoms with Gasteiger partial charge in [0.1, 0.15) is 12.4 Å². The Morgan fingerprint density at radius 3 is 2.80 bits per heavy atom. The molecule has 0 atom stereocenters. The number of likely N-dealkylation sites (tertiary alicyclic amines) is 1. The van der Waals surface area contributed by atoms with Gasteiger partial charge in [-0.25, -0.2) is 0 Å². The summed E-state index contributed by atoms with van der Waals surface area (Å²) in [6, 6.07) is 7.75. The molecular formula is C16H19NO3. The first-order valence-electron chi connectivity index (χ1n) is 7.10. The molecule has 20 heavy (non-hydrogen) atoms. The topological polar surface area (TPSA) is 49.8 Å². The molecule has 106 valence electrons. The predicted octanol–water partition coefficient (Wildman–Crippen LogP) is 1.69. The molecule has 1 amide bonds. The largest absolute Gasteiger partial charge is 0.488 e. The second-order valence-electron chi connectivity index (χ2n) is 5.41. The van der Waals surface area contributed by atoms with Gasteiger partial charge in [0.05, 0.1) is 5.57 Å². The van der Waals surface area contributed by atoms with Crippen molar-refractivity contribution in [3.63, 3.8) is 0 Å². The van der Waals surface area contributed by atoms with E-state index in [0.29, 0.717) is 18.1 Å². The second-order valence-corrected chi connectivity index (χ2v) is 5.41. The first-order valence-corrected chi connectivity index (χ1v) is 7.10. The molecule has 2 aliphatic rings. The molecule has 2 aliphatic heterocycles. The molecule has 0 spiro atoms. The number of para-hydroxylation sites is 1. The fourth-order valence-corrected chi connectivity index (χ4v) is 2.76. The number of fused-ring (bicyclic) bond motifs is 1. The van der Waals surface area contributed by atoms with Gasteiger partial charge >= 0.3 is 0 Å². The molecule has 1 N–H and O–H groups in total. The quantitative estimate of drug-likeness (QED) is 0.892. The van der Waals surface area contributed by atoms with Crippen molar-refractivity contribution < 1.29 is 14.6 Å². The van der Waals surface area contributed by atoms with Crippen molar-refractivity contribution in [1.82, 2.24) is 4.90 Å². The summed E-state index contributed by atoms with van der Waals surface area (Å²) in [6.07, 6.45) is 3.69. The molecule has 0 aliphatic carbocycles. The SMILES string of the molecule is O=C(C1=Cc2ccccc2OC1)N1CCC(CO)CC1. The number of aliphatic hydroxyl groups excluding tert-OH is 1. The van der Waals surface area contributed by atoms with E-state index in [1.54, 1.807) is 0 Å². The number of amides is 1. The zero-order chi connectivity index (χ0) is 13.9. The van der Waals surface area contributed by atoms with Gasteiger partial charge in [-0.15, -0.1) is 0 Å². The van der Waals surface area contributed by atoms with Gasteiger partial charge < -0.3 is 14.7 Å². The minimum atomic E-state index is 0.0656. The van der Waals surface area contributed by atoms with Crippen LogP contribution in [0.25, 0.3) is 6.08 Å². The number of piperidine rings is 1. The molecule has 0 aromatic heterocycles. The highest BCUT2D eigenvalue weighted by Gasteiger charge is 2.26. The zero-order valence-electron chi connectivity index (χ0n) is 11.4. The highest BCUT2D eigenvalue weighted by Crippen LogP contribution is 2.27. The van der Waals surface area contributed by atoms with E-state index in [1.807, 2.05) is 35.2 Å². The average molecular weight is 273 g/mol.